The van der Waals surface area contributed by atoms with Crippen LogP contribution in [0.15, 0.2) is 48.5 Å². The molecule has 28 heavy (non-hydrogen) atoms. The van der Waals surface area contributed by atoms with E-state index in [2.05, 4.69) is 20.1 Å². The van der Waals surface area contributed by atoms with Crippen LogP contribution in [0.1, 0.15) is 11.4 Å². The maximum atomic E-state index is 13.2. The number of aromatic amines is 1. The van der Waals surface area contributed by atoms with Crippen molar-refractivity contribution in [2.24, 2.45) is 0 Å². The van der Waals surface area contributed by atoms with E-state index in [1.165, 1.54) is 12.1 Å². The second-order valence-electron chi connectivity index (χ2n) is 5.81. The molecule has 4 rings (SSSR count). The van der Waals surface area contributed by atoms with Gasteiger partial charge in [0.1, 0.15) is 5.69 Å². The van der Waals surface area contributed by atoms with Gasteiger partial charge in [0.05, 0.1) is 11.0 Å². The van der Waals surface area contributed by atoms with Crippen molar-refractivity contribution in [2.45, 2.75) is 12.4 Å². The maximum Gasteiger partial charge on any atom is 0.435 e. The fraction of sp³-hybridized carbons (Fsp3) is 0.118. The van der Waals surface area contributed by atoms with Crippen molar-refractivity contribution in [1.29, 1.82) is 0 Å². The van der Waals surface area contributed by atoms with Gasteiger partial charge in [0, 0.05) is 6.07 Å². The summed E-state index contributed by atoms with van der Waals surface area (Å²) in [6.45, 7) is 0. The number of hydrogen-bond donors (Lipinski definition) is 1. The minimum Gasteiger partial charge on any atom is -0.337 e. The van der Waals surface area contributed by atoms with E-state index in [9.17, 15) is 26.3 Å². The highest BCUT2D eigenvalue weighted by Gasteiger charge is 2.42. The minimum absolute atomic E-state index is 0.0461. The van der Waals surface area contributed by atoms with Crippen LogP contribution in [0, 0.1) is 0 Å². The molecule has 1 aromatic carbocycles. The molecule has 0 saturated carbocycles. The summed E-state index contributed by atoms with van der Waals surface area (Å²) in [4.78, 5) is 11.3. The van der Waals surface area contributed by atoms with Crippen LogP contribution in [0.4, 0.5) is 26.3 Å². The van der Waals surface area contributed by atoms with Gasteiger partial charge in [0.2, 0.25) is 0 Å². The molecule has 0 radical (unpaired) electrons. The Kier molecular flexibility index (Phi) is 3.91. The molecule has 0 bridgehead atoms. The summed E-state index contributed by atoms with van der Waals surface area (Å²) < 4.78 is 78.4. The van der Waals surface area contributed by atoms with Crippen LogP contribution >= 0.6 is 0 Å². The largest absolute Gasteiger partial charge is 0.435 e. The van der Waals surface area contributed by atoms with Gasteiger partial charge in [-0.15, -0.1) is 0 Å². The van der Waals surface area contributed by atoms with Gasteiger partial charge in [-0.25, -0.2) is 14.6 Å². The molecule has 0 saturated heterocycles. The van der Waals surface area contributed by atoms with Gasteiger partial charge in [0.15, 0.2) is 23.0 Å². The Balaban J connectivity index is 1.84. The van der Waals surface area contributed by atoms with E-state index < -0.39 is 29.6 Å². The molecule has 11 heteroatoms. The van der Waals surface area contributed by atoms with Crippen LogP contribution in [0.2, 0.25) is 0 Å². The van der Waals surface area contributed by atoms with Crippen LogP contribution in [-0.4, -0.2) is 24.7 Å². The molecule has 144 valence electrons. The number of alkyl halides is 6. The quantitative estimate of drug-likeness (QED) is 0.492. The lowest BCUT2D eigenvalue weighted by Crippen LogP contribution is -2.14. The first-order valence-corrected chi connectivity index (χ1v) is 7.80. The second-order valence-corrected chi connectivity index (χ2v) is 5.81. The fourth-order valence-electron chi connectivity index (χ4n) is 2.64. The molecule has 0 amide bonds. The molecule has 0 fully saturated rings. The van der Waals surface area contributed by atoms with E-state index in [4.69, 9.17) is 0 Å². The van der Waals surface area contributed by atoms with Gasteiger partial charge >= 0.3 is 12.4 Å². The first kappa shape index (κ1) is 18.0. The molecule has 3 heterocycles. The van der Waals surface area contributed by atoms with E-state index in [0.717, 1.165) is 6.07 Å². The molecule has 5 nitrogen and oxygen atoms in total. The summed E-state index contributed by atoms with van der Waals surface area (Å²) in [5, 5.41) is 3.07. The molecule has 0 unspecified atom stereocenters. The Morgan fingerprint density at radius 1 is 0.821 bits per heavy atom. The number of H-pyrrole nitrogens is 1. The average Bonchev–Trinajstić information content (AvgIpc) is 3.26. The van der Waals surface area contributed by atoms with Gasteiger partial charge in [-0.2, -0.15) is 31.4 Å². The summed E-state index contributed by atoms with van der Waals surface area (Å²) in [5.41, 5.74) is -1.78. The maximum absolute atomic E-state index is 13.2. The van der Waals surface area contributed by atoms with Crippen molar-refractivity contribution >= 4 is 11.0 Å². The lowest BCUT2D eigenvalue weighted by molar-refractivity contribution is -0.143. The van der Waals surface area contributed by atoms with Crippen LogP contribution in [0.3, 0.4) is 0 Å². The smallest absolute Gasteiger partial charge is 0.337 e. The summed E-state index contributed by atoms with van der Waals surface area (Å²) in [5.74, 6) is -0.152. The van der Waals surface area contributed by atoms with Gasteiger partial charge in [-0.05, 0) is 24.3 Å². The number of nitrogens with zero attached hydrogens (tertiary/aromatic N) is 4. The number of hydrogen-bond acceptors (Lipinski definition) is 3. The van der Waals surface area contributed by atoms with Crippen LogP contribution in [-0.2, 0) is 12.4 Å². The number of imidazole rings is 1. The number of aromatic nitrogens is 5. The number of nitrogens with one attached hydrogen (secondary N) is 1. The molecular formula is C17H9F6N5. The summed E-state index contributed by atoms with van der Waals surface area (Å²) in [6, 6.07) is 10.9. The Bertz CT molecular complexity index is 1120. The van der Waals surface area contributed by atoms with E-state index in [0.29, 0.717) is 11.0 Å². The number of fused-ring (bicyclic) bond motifs is 1. The number of rotatable bonds is 2. The standard InChI is InChI=1S/C17H9F6N5/c18-16(19,20)12-8-13(17(21,22)23)28(27-12)14-7-3-6-11(24-14)15-25-9-4-1-2-5-10(9)26-15/h1-8H,(H,25,26). The number of benzene rings is 1. The van der Waals surface area contributed by atoms with Gasteiger partial charge in [0.25, 0.3) is 0 Å². The monoisotopic (exact) mass is 397 g/mol. The fourth-order valence-corrected chi connectivity index (χ4v) is 2.64. The van der Waals surface area contributed by atoms with E-state index >= 15 is 0 Å². The van der Waals surface area contributed by atoms with Crippen LogP contribution in [0.5, 0.6) is 0 Å². The predicted octanol–water partition coefficient (Wildman–Crippen LogP) is 4.85. The minimum atomic E-state index is -5.05. The average molecular weight is 397 g/mol. The molecule has 1 N–H and O–H groups in total. The predicted molar refractivity (Wildman–Crippen MR) is 86.5 cm³/mol. The Labute approximate surface area is 152 Å². The molecule has 4 aromatic rings. The third-order valence-electron chi connectivity index (χ3n) is 3.87. The number of pyridine rings is 1. The Morgan fingerprint density at radius 2 is 1.57 bits per heavy atom. The van der Waals surface area contributed by atoms with Crippen molar-refractivity contribution in [3.8, 4) is 17.3 Å². The zero-order chi connectivity index (χ0) is 20.1. The molecule has 3 aromatic heterocycles. The summed E-state index contributed by atoms with van der Waals surface area (Å²) in [7, 11) is 0. The molecule has 0 aliphatic rings. The van der Waals surface area contributed by atoms with E-state index in [-0.39, 0.29) is 22.3 Å². The van der Waals surface area contributed by atoms with Crippen molar-refractivity contribution in [3.63, 3.8) is 0 Å². The normalized spacial score (nSPS) is 12.6. The SMILES string of the molecule is FC(F)(F)c1cc(C(F)(F)F)n(-c2cccc(-c3nc4ccccc4[nH]3)n2)n1. The number of halogens is 6. The highest BCUT2D eigenvalue weighted by molar-refractivity contribution is 5.78. The van der Waals surface area contributed by atoms with Crippen molar-refractivity contribution < 1.29 is 26.3 Å². The third-order valence-corrected chi connectivity index (χ3v) is 3.87. The highest BCUT2D eigenvalue weighted by Crippen LogP contribution is 2.36. The van der Waals surface area contributed by atoms with E-state index in [1.54, 1.807) is 24.3 Å². The zero-order valence-corrected chi connectivity index (χ0v) is 13.7. The third kappa shape index (κ3) is 3.19. The van der Waals surface area contributed by atoms with Crippen molar-refractivity contribution in [1.82, 2.24) is 24.7 Å². The molecule has 0 aliphatic carbocycles. The molecule has 0 aliphatic heterocycles. The molecular weight excluding hydrogens is 388 g/mol. The van der Waals surface area contributed by atoms with Crippen LogP contribution < -0.4 is 0 Å². The van der Waals surface area contributed by atoms with E-state index in [1.807, 2.05) is 0 Å². The van der Waals surface area contributed by atoms with Gasteiger partial charge < -0.3 is 4.98 Å². The first-order valence-electron chi connectivity index (χ1n) is 7.80. The van der Waals surface area contributed by atoms with Gasteiger partial charge in [-0.3, -0.25) is 0 Å². The second kappa shape index (κ2) is 6.08. The molecule has 0 atom stereocenters. The van der Waals surface area contributed by atoms with Gasteiger partial charge in [-0.1, -0.05) is 18.2 Å². The van der Waals surface area contributed by atoms with Crippen LogP contribution in [0.25, 0.3) is 28.4 Å². The van der Waals surface area contributed by atoms with Crippen molar-refractivity contribution in [2.75, 3.05) is 0 Å². The summed E-state index contributed by atoms with van der Waals surface area (Å²) >= 11 is 0. The Morgan fingerprint density at radius 3 is 2.25 bits per heavy atom. The Hall–Kier alpha value is -3.37. The lowest BCUT2D eigenvalue weighted by atomic mass is 10.3. The topological polar surface area (TPSA) is 59.4 Å². The lowest BCUT2D eigenvalue weighted by Gasteiger charge is -2.10. The first-order chi connectivity index (χ1) is 13.1. The summed E-state index contributed by atoms with van der Waals surface area (Å²) in [6.07, 6.45) is -10.1. The highest BCUT2D eigenvalue weighted by atomic mass is 19.4. The van der Waals surface area contributed by atoms with Crippen molar-refractivity contribution in [3.05, 3.63) is 59.9 Å². The zero-order valence-electron chi connectivity index (χ0n) is 13.7. The number of para-hydroxylation sites is 2. The molecule has 0 spiro atoms.